The molecule has 3 N–H and O–H groups in total. The Morgan fingerprint density at radius 1 is 1.21 bits per heavy atom. The van der Waals surface area contributed by atoms with Gasteiger partial charge in [0.1, 0.15) is 23.6 Å². The topological polar surface area (TPSA) is 90.2 Å². The fourth-order valence-corrected chi connectivity index (χ4v) is 3.93. The van der Waals surface area contributed by atoms with Crippen LogP contribution in [-0.2, 0) is 17.8 Å². The third kappa shape index (κ3) is 5.12. The van der Waals surface area contributed by atoms with E-state index >= 15 is 0 Å². The van der Waals surface area contributed by atoms with Gasteiger partial charge in [0.25, 0.3) is 0 Å². The molecule has 1 saturated heterocycles. The van der Waals surface area contributed by atoms with Crippen LogP contribution >= 0.6 is 0 Å². The van der Waals surface area contributed by atoms with Crippen LogP contribution in [0.2, 0.25) is 0 Å². The van der Waals surface area contributed by atoms with Crippen LogP contribution in [0, 0.1) is 11.2 Å². The number of aliphatic carboxylic acids is 1. The number of halogens is 1. The molecule has 3 rings (SSSR count). The molecule has 0 unspecified atom stereocenters. The van der Waals surface area contributed by atoms with Crippen molar-refractivity contribution in [2.75, 3.05) is 26.3 Å². The van der Waals surface area contributed by atoms with Gasteiger partial charge in [0.2, 0.25) is 0 Å². The van der Waals surface area contributed by atoms with Crippen molar-refractivity contribution >= 4 is 5.97 Å². The molecule has 2 atom stereocenters. The molecule has 0 amide bonds. The second-order valence-electron chi connectivity index (χ2n) is 7.50. The molecular weight excluding hydrogens is 377 g/mol. The molecule has 1 aliphatic rings. The highest BCUT2D eigenvalue weighted by Crippen LogP contribution is 2.35. The molecule has 29 heavy (non-hydrogen) atoms. The minimum absolute atomic E-state index is 0.0530. The van der Waals surface area contributed by atoms with Gasteiger partial charge in [-0.15, -0.1) is 0 Å². The number of carbonyl (C=O) groups is 1. The first-order valence-corrected chi connectivity index (χ1v) is 9.64. The highest BCUT2D eigenvalue weighted by molar-refractivity contribution is 5.76. The zero-order valence-corrected chi connectivity index (χ0v) is 16.1. The van der Waals surface area contributed by atoms with E-state index in [1.165, 1.54) is 12.1 Å². The Bertz CT molecular complexity index is 845. The van der Waals surface area contributed by atoms with E-state index in [1.807, 2.05) is 23.1 Å². The first-order valence-electron chi connectivity index (χ1n) is 9.64. The van der Waals surface area contributed by atoms with E-state index in [9.17, 15) is 19.4 Å². The molecule has 0 saturated carbocycles. The van der Waals surface area contributed by atoms with Crippen LogP contribution in [0.15, 0.2) is 48.5 Å². The number of rotatable bonds is 8. The van der Waals surface area contributed by atoms with Crippen LogP contribution in [0.5, 0.6) is 5.75 Å². The van der Waals surface area contributed by atoms with Gasteiger partial charge in [-0.2, -0.15) is 0 Å². The third-order valence-electron chi connectivity index (χ3n) is 5.36. The first kappa shape index (κ1) is 21.2. The number of hydrogen-bond acceptors (Lipinski definition) is 5. The summed E-state index contributed by atoms with van der Waals surface area (Å²) in [5, 5.41) is 29.5. The number of aliphatic hydroxyl groups is 2. The quantitative estimate of drug-likeness (QED) is 0.625. The van der Waals surface area contributed by atoms with E-state index in [-0.39, 0.29) is 26.2 Å². The monoisotopic (exact) mass is 403 g/mol. The van der Waals surface area contributed by atoms with E-state index in [1.54, 1.807) is 18.2 Å². The normalized spacial score (nSPS) is 22.4. The van der Waals surface area contributed by atoms with Crippen molar-refractivity contribution < 1.29 is 29.2 Å². The average Bonchev–Trinajstić information content (AvgIpc) is 2.69. The average molecular weight is 403 g/mol. The molecule has 7 heteroatoms. The van der Waals surface area contributed by atoms with Crippen molar-refractivity contribution in [3.05, 3.63) is 65.5 Å². The van der Waals surface area contributed by atoms with Crippen molar-refractivity contribution in [1.29, 1.82) is 0 Å². The number of nitrogens with zero attached hydrogens (tertiary/aromatic N) is 1. The van der Waals surface area contributed by atoms with Crippen molar-refractivity contribution in [2.45, 2.75) is 25.5 Å². The predicted octanol–water partition coefficient (Wildman–Crippen LogP) is 2.08. The molecule has 0 bridgehead atoms. The number of ether oxygens (including phenoxy) is 1. The van der Waals surface area contributed by atoms with Gasteiger partial charge in [0.05, 0.1) is 12.7 Å². The maximum atomic E-state index is 13.6. The third-order valence-corrected chi connectivity index (χ3v) is 5.36. The molecular formula is C22H26FNO5. The zero-order valence-electron chi connectivity index (χ0n) is 16.1. The molecule has 0 radical (unpaired) electrons. The number of likely N-dealkylation sites (tertiary alicyclic amines) is 1. The highest BCUT2D eigenvalue weighted by atomic mass is 19.1. The van der Waals surface area contributed by atoms with Crippen molar-refractivity contribution in [2.24, 2.45) is 5.41 Å². The Morgan fingerprint density at radius 2 is 1.97 bits per heavy atom. The lowest BCUT2D eigenvalue weighted by molar-refractivity contribution is -0.163. The lowest BCUT2D eigenvalue weighted by atomic mass is 9.72. The molecule has 1 heterocycles. The van der Waals surface area contributed by atoms with Gasteiger partial charge < -0.3 is 20.1 Å². The number of piperidine rings is 1. The Morgan fingerprint density at radius 3 is 2.69 bits per heavy atom. The van der Waals surface area contributed by atoms with Crippen LogP contribution in [0.25, 0.3) is 0 Å². The molecule has 1 fully saturated rings. The molecule has 0 aromatic heterocycles. The largest absolute Gasteiger partial charge is 0.491 e. The van der Waals surface area contributed by atoms with Crippen LogP contribution in [-0.4, -0.2) is 58.6 Å². The number of carboxylic acids is 1. The minimum Gasteiger partial charge on any atom is -0.491 e. The number of aliphatic hydroxyl groups excluding tert-OH is 2. The summed E-state index contributed by atoms with van der Waals surface area (Å²) in [6.07, 6.45) is -0.640. The molecule has 0 aliphatic carbocycles. The minimum atomic E-state index is -1.41. The van der Waals surface area contributed by atoms with E-state index < -0.39 is 23.3 Å². The maximum absolute atomic E-state index is 13.6. The molecule has 6 nitrogen and oxygen atoms in total. The van der Waals surface area contributed by atoms with Crippen molar-refractivity contribution in [3.63, 3.8) is 0 Å². The highest BCUT2D eigenvalue weighted by Gasteiger charge is 2.49. The van der Waals surface area contributed by atoms with E-state index in [2.05, 4.69) is 0 Å². The molecule has 0 spiro atoms. The smallest absolute Gasteiger partial charge is 0.313 e. The van der Waals surface area contributed by atoms with E-state index in [4.69, 9.17) is 9.84 Å². The zero-order chi connectivity index (χ0) is 20.9. The van der Waals surface area contributed by atoms with Gasteiger partial charge in [-0.25, -0.2) is 4.39 Å². The number of carboxylic acid groups (broad SMARTS) is 1. The summed E-state index contributed by atoms with van der Waals surface area (Å²) < 4.78 is 19.0. The summed E-state index contributed by atoms with van der Waals surface area (Å²) in [5.74, 6) is -0.873. The molecule has 156 valence electrons. The first-order chi connectivity index (χ1) is 13.9. The van der Waals surface area contributed by atoms with Gasteiger partial charge in [-0.3, -0.25) is 9.69 Å². The van der Waals surface area contributed by atoms with Gasteiger partial charge in [0.15, 0.2) is 0 Å². The van der Waals surface area contributed by atoms with E-state index in [0.717, 1.165) is 5.56 Å². The van der Waals surface area contributed by atoms with Gasteiger partial charge >= 0.3 is 5.97 Å². The van der Waals surface area contributed by atoms with Crippen LogP contribution in [0.1, 0.15) is 17.5 Å². The SMILES string of the molecule is O=C(O)[C@]1(Cc2cccc(F)c2)CN(Cc2cccc(OCCO)c2)CC[C@H]1O. The van der Waals surface area contributed by atoms with Crippen LogP contribution < -0.4 is 4.74 Å². The standard InChI is InChI=1S/C22H26FNO5/c23-18-5-1-3-16(11-18)13-22(21(27)28)15-24(8-7-20(22)26)14-17-4-2-6-19(12-17)29-10-9-25/h1-6,11-12,20,25-26H,7-10,13-15H2,(H,27,28)/t20-,22-/m1/s1. The summed E-state index contributed by atoms with van der Waals surface area (Å²) >= 11 is 0. The van der Waals surface area contributed by atoms with Gasteiger partial charge in [-0.1, -0.05) is 24.3 Å². The Kier molecular flexibility index (Phi) is 6.84. The number of benzene rings is 2. The van der Waals surface area contributed by atoms with Crippen molar-refractivity contribution in [3.8, 4) is 5.75 Å². The second-order valence-corrected chi connectivity index (χ2v) is 7.50. The van der Waals surface area contributed by atoms with Crippen LogP contribution in [0.3, 0.4) is 0 Å². The summed E-state index contributed by atoms with van der Waals surface area (Å²) in [5.41, 5.74) is 0.0893. The Labute approximate surface area is 169 Å². The molecule has 1 aliphatic heterocycles. The van der Waals surface area contributed by atoms with Crippen molar-refractivity contribution in [1.82, 2.24) is 4.90 Å². The fourth-order valence-electron chi connectivity index (χ4n) is 3.93. The Balaban J connectivity index is 1.78. The van der Waals surface area contributed by atoms with Crippen LogP contribution in [0.4, 0.5) is 4.39 Å². The Hall–Kier alpha value is -2.48. The predicted molar refractivity (Wildman–Crippen MR) is 105 cm³/mol. The molecule has 2 aromatic carbocycles. The van der Waals surface area contributed by atoms with Gasteiger partial charge in [0, 0.05) is 19.6 Å². The second kappa shape index (κ2) is 9.35. The van der Waals surface area contributed by atoms with Gasteiger partial charge in [-0.05, 0) is 48.2 Å². The summed E-state index contributed by atoms with van der Waals surface area (Å²) in [7, 11) is 0. The fraction of sp³-hybridized carbons (Fsp3) is 0.409. The van der Waals surface area contributed by atoms with E-state index in [0.29, 0.717) is 30.8 Å². The maximum Gasteiger partial charge on any atom is 0.313 e. The molecule has 2 aromatic rings. The lowest BCUT2D eigenvalue weighted by Crippen LogP contribution is -2.56. The summed E-state index contributed by atoms with van der Waals surface area (Å²) in [6.45, 7) is 1.34. The lowest BCUT2D eigenvalue weighted by Gasteiger charge is -2.43. The summed E-state index contributed by atoms with van der Waals surface area (Å²) in [4.78, 5) is 14.2. The summed E-state index contributed by atoms with van der Waals surface area (Å²) in [6, 6.07) is 13.3. The number of hydrogen-bond donors (Lipinski definition) is 3.